The highest BCUT2D eigenvalue weighted by molar-refractivity contribution is 7.99. The van der Waals surface area contributed by atoms with E-state index in [1.165, 1.54) is 23.7 Å². The average molecular weight is 451 g/mol. The predicted octanol–water partition coefficient (Wildman–Crippen LogP) is 2.20. The van der Waals surface area contributed by atoms with E-state index in [2.05, 4.69) is 15.8 Å². The third-order valence-corrected chi connectivity index (χ3v) is 6.29. The number of hydrogen-bond donors (Lipinski definition) is 2. The van der Waals surface area contributed by atoms with Crippen LogP contribution in [0.2, 0.25) is 0 Å². The van der Waals surface area contributed by atoms with Crippen molar-refractivity contribution in [3.8, 4) is 0 Å². The van der Waals surface area contributed by atoms with Gasteiger partial charge in [-0.25, -0.2) is 4.98 Å². The molecule has 3 aromatic rings. The van der Waals surface area contributed by atoms with Gasteiger partial charge in [0.15, 0.2) is 10.9 Å². The lowest BCUT2D eigenvalue weighted by Crippen LogP contribution is -2.42. The van der Waals surface area contributed by atoms with Gasteiger partial charge in [-0.1, -0.05) is 18.7 Å². The fourth-order valence-corrected chi connectivity index (χ4v) is 4.49. The predicted molar refractivity (Wildman–Crippen MR) is 115 cm³/mol. The van der Waals surface area contributed by atoms with Gasteiger partial charge in [-0.15, -0.1) is 11.3 Å². The van der Waals surface area contributed by atoms with Crippen LogP contribution >= 0.6 is 23.1 Å². The molecule has 2 N–H and O–H groups in total. The molecule has 0 bridgehead atoms. The maximum absolute atomic E-state index is 13.0. The van der Waals surface area contributed by atoms with Crippen LogP contribution in [0.25, 0.3) is 10.2 Å². The van der Waals surface area contributed by atoms with Gasteiger partial charge in [0, 0.05) is 25.1 Å². The molecule has 0 fully saturated rings. The number of ether oxygens (including phenoxy) is 1. The van der Waals surface area contributed by atoms with Crippen LogP contribution in [0.1, 0.15) is 28.8 Å². The van der Waals surface area contributed by atoms with Gasteiger partial charge in [-0.2, -0.15) is 0 Å². The standard InChI is InChI=1S/C19H22N4O5S2/c1-3-12-10-13-17(30-12)20-19(23(18(13)26)7-5-8-27-2)29-11-15(24)21-22-16(25)14-6-4-9-28-14/h4,6,9-10H,3,5,7-8,11H2,1-2H3,(H,21,24)(H,22,25). The molecule has 3 heterocycles. The zero-order valence-corrected chi connectivity index (χ0v) is 18.2. The van der Waals surface area contributed by atoms with Crippen LogP contribution in [0.4, 0.5) is 0 Å². The first-order valence-corrected chi connectivity index (χ1v) is 11.1. The largest absolute Gasteiger partial charge is 0.459 e. The van der Waals surface area contributed by atoms with E-state index in [1.54, 1.807) is 17.7 Å². The number of carbonyl (C=O) groups is 2. The Kier molecular flexibility index (Phi) is 7.66. The number of nitrogens with one attached hydrogen (secondary N) is 2. The number of nitrogens with zero attached hydrogens (tertiary/aromatic N) is 2. The van der Waals surface area contributed by atoms with Crippen molar-refractivity contribution in [3.63, 3.8) is 0 Å². The molecular formula is C19H22N4O5S2. The molecule has 2 amide bonds. The van der Waals surface area contributed by atoms with Crippen LogP contribution in [0, 0.1) is 0 Å². The molecule has 160 valence electrons. The normalized spacial score (nSPS) is 11.0. The van der Waals surface area contributed by atoms with Crippen molar-refractivity contribution >= 4 is 45.1 Å². The summed E-state index contributed by atoms with van der Waals surface area (Å²) >= 11 is 2.62. The number of furan rings is 1. The quantitative estimate of drug-likeness (QED) is 0.222. The average Bonchev–Trinajstić information content (AvgIpc) is 3.42. The Labute approximate surface area is 180 Å². The Morgan fingerprint density at radius 2 is 2.20 bits per heavy atom. The van der Waals surface area contributed by atoms with Crippen LogP contribution < -0.4 is 16.4 Å². The van der Waals surface area contributed by atoms with E-state index < -0.39 is 11.8 Å². The number of aromatic nitrogens is 2. The molecule has 9 nitrogen and oxygen atoms in total. The third kappa shape index (κ3) is 5.29. The number of rotatable bonds is 9. The zero-order chi connectivity index (χ0) is 21.5. The second-order valence-corrected chi connectivity index (χ2v) is 8.31. The van der Waals surface area contributed by atoms with Gasteiger partial charge in [-0.3, -0.25) is 29.8 Å². The fraction of sp³-hybridized carbons (Fsp3) is 0.368. The third-order valence-electron chi connectivity index (χ3n) is 4.14. The SMILES string of the molecule is CCc1cc2c(=O)n(CCCOC)c(SCC(=O)NNC(=O)c3ccco3)nc2s1. The Bertz CT molecular complexity index is 1070. The van der Waals surface area contributed by atoms with Crippen LogP contribution in [-0.2, 0) is 22.5 Å². The van der Waals surface area contributed by atoms with E-state index in [0.717, 1.165) is 23.1 Å². The molecule has 11 heteroatoms. The monoisotopic (exact) mass is 450 g/mol. The zero-order valence-electron chi connectivity index (χ0n) is 16.6. The number of thioether (sulfide) groups is 1. The Morgan fingerprint density at radius 1 is 1.37 bits per heavy atom. The van der Waals surface area contributed by atoms with Crippen molar-refractivity contribution in [2.75, 3.05) is 19.5 Å². The topological polar surface area (TPSA) is 115 Å². The molecule has 0 saturated heterocycles. The molecule has 3 rings (SSSR count). The number of amides is 2. The first-order valence-electron chi connectivity index (χ1n) is 9.31. The molecule has 0 saturated carbocycles. The highest BCUT2D eigenvalue weighted by atomic mass is 32.2. The maximum atomic E-state index is 13.0. The van der Waals surface area contributed by atoms with Crippen molar-refractivity contribution in [2.45, 2.75) is 31.5 Å². The summed E-state index contributed by atoms with van der Waals surface area (Å²) in [7, 11) is 1.60. The first-order chi connectivity index (χ1) is 14.5. The van der Waals surface area contributed by atoms with Gasteiger partial charge in [-0.05, 0) is 31.0 Å². The van der Waals surface area contributed by atoms with Crippen molar-refractivity contribution < 1.29 is 18.7 Å². The van der Waals surface area contributed by atoms with Crippen LogP contribution in [0.5, 0.6) is 0 Å². The van der Waals surface area contributed by atoms with Gasteiger partial charge in [0.1, 0.15) is 4.83 Å². The van der Waals surface area contributed by atoms with Crippen LogP contribution in [0.3, 0.4) is 0 Å². The molecule has 0 aliphatic carbocycles. The summed E-state index contributed by atoms with van der Waals surface area (Å²) in [5, 5.41) is 1.05. The van der Waals surface area contributed by atoms with E-state index in [9.17, 15) is 14.4 Å². The number of fused-ring (bicyclic) bond motifs is 1. The van der Waals surface area contributed by atoms with Crippen molar-refractivity contribution in [2.24, 2.45) is 0 Å². The highest BCUT2D eigenvalue weighted by Gasteiger charge is 2.16. The lowest BCUT2D eigenvalue weighted by atomic mass is 10.3. The van der Waals surface area contributed by atoms with E-state index in [0.29, 0.717) is 34.9 Å². The van der Waals surface area contributed by atoms with Crippen molar-refractivity contribution in [1.82, 2.24) is 20.4 Å². The van der Waals surface area contributed by atoms with Crippen LogP contribution in [-0.4, -0.2) is 40.8 Å². The highest BCUT2D eigenvalue weighted by Crippen LogP contribution is 2.25. The Hall–Kier alpha value is -2.63. The summed E-state index contributed by atoms with van der Waals surface area (Å²) in [5.41, 5.74) is 4.48. The fourth-order valence-electron chi connectivity index (χ4n) is 2.66. The summed E-state index contributed by atoms with van der Waals surface area (Å²) in [6, 6.07) is 4.94. The number of methoxy groups -OCH3 is 1. The summed E-state index contributed by atoms with van der Waals surface area (Å²) in [6.07, 6.45) is 2.84. The van der Waals surface area contributed by atoms with Crippen molar-refractivity contribution in [1.29, 1.82) is 0 Å². The maximum Gasteiger partial charge on any atom is 0.305 e. The number of thiophene rings is 1. The number of hydrogen-bond acceptors (Lipinski definition) is 8. The molecule has 0 aliphatic rings. The minimum atomic E-state index is -0.556. The minimum absolute atomic E-state index is 0.0212. The number of aryl methyl sites for hydroxylation is 1. The lowest BCUT2D eigenvalue weighted by Gasteiger charge is -2.12. The molecule has 0 radical (unpaired) electrons. The van der Waals surface area contributed by atoms with Crippen molar-refractivity contribution in [3.05, 3.63) is 45.5 Å². The molecule has 0 unspecified atom stereocenters. The molecule has 0 atom stereocenters. The Balaban J connectivity index is 1.71. The minimum Gasteiger partial charge on any atom is -0.459 e. The first kappa shape index (κ1) is 22.1. The van der Waals surface area contributed by atoms with Gasteiger partial charge < -0.3 is 9.15 Å². The van der Waals surface area contributed by atoms with Gasteiger partial charge in [0.05, 0.1) is 17.4 Å². The van der Waals surface area contributed by atoms with E-state index in [1.807, 2.05) is 13.0 Å². The Morgan fingerprint density at radius 3 is 2.90 bits per heavy atom. The summed E-state index contributed by atoms with van der Waals surface area (Å²) < 4.78 is 11.6. The molecule has 30 heavy (non-hydrogen) atoms. The van der Waals surface area contributed by atoms with Gasteiger partial charge >= 0.3 is 5.91 Å². The molecule has 0 aromatic carbocycles. The van der Waals surface area contributed by atoms with Gasteiger partial charge in [0.2, 0.25) is 5.91 Å². The number of hydrazine groups is 1. The van der Waals surface area contributed by atoms with E-state index >= 15 is 0 Å². The molecular weight excluding hydrogens is 428 g/mol. The second-order valence-electron chi connectivity index (χ2n) is 6.25. The van der Waals surface area contributed by atoms with E-state index in [-0.39, 0.29) is 17.1 Å². The smallest absolute Gasteiger partial charge is 0.305 e. The summed E-state index contributed by atoms with van der Waals surface area (Å²) in [6.45, 7) is 2.97. The van der Waals surface area contributed by atoms with Gasteiger partial charge in [0.25, 0.3) is 5.56 Å². The summed E-state index contributed by atoms with van der Waals surface area (Å²) in [5.74, 6) is -0.920. The second kappa shape index (κ2) is 10.4. The number of carbonyl (C=O) groups excluding carboxylic acids is 2. The summed E-state index contributed by atoms with van der Waals surface area (Å²) in [4.78, 5) is 43.3. The molecule has 0 spiro atoms. The molecule has 3 aromatic heterocycles. The van der Waals surface area contributed by atoms with E-state index in [4.69, 9.17) is 9.15 Å². The lowest BCUT2D eigenvalue weighted by molar-refractivity contribution is -0.119. The molecule has 0 aliphatic heterocycles. The van der Waals surface area contributed by atoms with Crippen LogP contribution in [0.15, 0.2) is 38.8 Å².